The minimum absolute atomic E-state index is 0.0577. The van der Waals surface area contributed by atoms with E-state index in [4.69, 9.17) is 0 Å². The molecule has 9 heteroatoms. The first-order valence-corrected chi connectivity index (χ1v) is 9.49. The predicted octanol–water partition coefficient (Wildman–Crippen LogP) is 1.41. The minimum Gasteiger partial charge on any atom is -0.273 e. The third kappa shape index (κ3) is 5.29. The van der Waals surface area contributed by atoms with Crippen LogP contribution in [0.5, 0.6) is 0 Å². The summed E-state index contributed by atoms with van der Waals surface area (Å²) in [4.78, 5) is 32.7. The maximum atomic E-state index is 12.0. The maximum Gasteiger partial charge on any atom is 0.260 e. The maximum absolute atomic E-state index is 12.0. The summed E-state index contributed by atoms with van der Waals surface area (Å²) in [7, 11) is 0. The Bertz CT molecular complexity index is 795. The molecule has 26 heavy (non-hydrogen) atoms. The molecule has 2 amide bonds. The number of rotatable bonds is 6. The number of aryl methyl sites for hydroxylation is 4. The average Bonchev–Trinajstić information content (AvgIpc) is 2.89. The fourth-order valence-corrected chi connectivity index (χ4v) is 3.07. The predicted molar refractivity (Wildman–Crippen MR) is 99.6 cm³/mol. The minimum atomic E-state index is -0.329. The Morgan fingerprint density at radius 3 is 2.23 bits per heavy atom. The second kappa shape index (κ2) is 8.79. The topological polar surface area (TPSA) is 102 Å². The first kappa shape index (κ1) is 19.9. The summed E-state index contributed by atoms with van der Waals surface area (Å²) < 4.78 is 1.59. The van der Waals surface area contributed by atoms with Crippen molar-refractivity contribution in [3.05, 3.63) is 34.4 Å². The van der Waals surface area contributed by atoms with Gasteiger partial charge in [0.05, 0.1) is 5.69 Å². The first-order valence-electron chi connectivity index (χ1n) is 8.27. The van der Waals surface area contributed by atoms with Crippen molar-refractivity contribution in [2.45, 2.75) is 52.2 Å². The Morgan fingerprint density at radius 2 is 1.69 bits per heavy atom. The van der Waals surface area contributed by atoms with Crippen molar-refractivity contribution >= 4 is 23.6 Å². The number of amides is 2. The van der Waals surface area contributed by atoms with E-state index in [9.17, 15) is 9.59 Å². The van der Waals surface area contributed by atoms with E-state index in [-0.39, 0.29) is 24.8 Å². The summed E-state index contributed by atoms with van der Waals surface area (Å²) in [5, 5.41) is 4.94. The number of nitrogens with zero attached hydrogens (tertiary/aromatic N) is 4. The normalized spacial score (nSPS) is 10.7. The summed E-state index contributed by atoms with van der Waals surface area (Å²) in [5.74, 6) is -0.593. The molecule has 140 valence electrons. The lowest BCUT2D eigenvalue weighted by molar-refractivity contribution is -0.129. The molecule has 0 saturated carbocycles. The van der Waals surface area contributed by atoms with Crippen LogP contribution in [0, 0.1) is 27.7 Å². The molecule has 0 aliphatic carbocycles. The number of nitrogens with one attached hydrogen (secondary N) is 2. The van der Waals surface area contributed by atoms with Crippen LogP contribution < -0.4 is 10.9 Å². The van der Waals surface area contributed by atoms with Crippen LogP contribution in [0.3, 0.4) is 0 Å². The highest BCUT2D eigenvalue weighted by Crippen LogP contribution is 2.16. The van der Waals surface area contributed by atoms with E-state index in [0.29, 0.717) is 6.42 Å². The molecule has 0 aromatic carbocycles. The molecule has 0 aliphatic rings. The van der Waals surface area contributed by atoms with Crippen molar-refractivity contribution in [3.8, 4) is 0 Å². The van der Waals surface area contributed by atoms with Gasteiger partial charge in [0.1, 0.15) is 6.54 Å². The van der Waals surface area contributed by atoms with Gasteiger partial charge in [-0.2, -0.15) is 5.10 Å². The largest absolute Gasteiger partial charge is 0.273 e. The zero-order chi connectivity index (χ0) is 19.3. The molecule has 0 atom stereocenters. The van der Waals surface area contributed by atoms with Gasteiger partial charge in [0, 0.05) is 23.5 Å². The molecule has 0 aliphatic heterocycles. The van der Waals surface area contributed by atoms with Crippen molar-refractivity contribution in [2.24, 2.45) is 0 Å². The molecule has 0 fully saturated rings. The Balaban J connectivity index is 1.82. The highest BCUT2D eigenvalue weighted by atomic mass is 32.2. The van der Waals surface area contributed by atoms with Crippen molar-refractivity contribution < 1.29 is 9.59 Å². The smallest absolute Gasteiger partial charge is 0.260 e. The average molecular weight is 376 g/mol. The lowest BCUT2D eigenvalue weighted by atomic mass is 10.1. The van der Waals surface area contributed by atoms with Crippen molar-refractivity contribution in [1.82, 2.24) is 30.6 Å². The lowest BCUT2D eigenvalue weighted by Crippen LogP contribution is -2.43. The van der Waals surface area contributed by atoms with Gasteiger partial charge in [0.15, 0.2) is 5.16 Å². The van der Waals surface area contributed by atoms with E-state index >= 15 is 0 Å². The zero-order valence-corrected chi connectivity index (χ0v) is 16.5. The highest BCUT2D eigenvalue weighted by Gasteiger charge is 2.12. The molecule has 0 bridgehead atoms. The molecule has 0 radical (unpaired) electrons. The molecular weight excluding hydrogens is 352 g/mol. The molecule has 0 spiro atoms. The molecule has 2 aromatic rings. The summed E-state index contributed by atoms with van der Waals surface area (Å²) in [6.45, 7) is 7.63. The zero-order valence-electron chi connectivity index (χ0n) is 15.7. The molecular formula is C17H24N6O2S. The van der Waals surface area contributed by atoms with Crippen molar-refractivity contribution in [2.75, 3.05) is 6.26 Å². The van der Waals surface area contributed by atoms with Gasteiger partial charge in [-0.3, -0.25) is 25.1 Å². The van der Waals surface area contributed by atoms with Gasteiger partial charge in [-0.15, -0.1) is 0 Å². The molecule has 2 rings (SSSR count). The summed E-state index contributed by atoms with van der Waals surface area (Å²) in [5.41, 5.74) is 9.31. The van der Waals surface area contributed by atoms with Crippen LogP contribution >= 0.6 is 11.8 Å². The summed E-state index contributed by atoms with van der Waals surface area (Å²) in [6.07, 6.45) is 2.69. The van der Waals surface area contributed by atoms with E-state index in [1.165, 1.54) is 11.8 Å². The van der Waals surface area contributed by atoms with Crippen LogP contribution in [0.25, 0.3) is 0 Å². The Morgan fingerprint density at radius 1 is 1.08 bits per heavy atom. The van der Waals surface area contributed by atoms with Crippen LogP contribution in [0.15, 0.2) is 11.2 Å². The van der Waals surface area contributed by atoms with Crippen LogP contribution in [0.4, 0.5) is 0 Å². The van der Waals surface area contributed by atoms with Gasteiger partial charge in [-0.1, -0.05) is 11.8 Å². The molecule has 2 N–H and O–H groups in total. The van der Waals surface area contributed by atoms with Gasteiger partial charge >= 0.3 is 0 Å². The SMILES string of the molecule is CSc1nc(C)c(CCC(=O)NNC(=O)Cn2nc(C)cc2C)c(C)n1. The number of thioether (sulfide) groups is 1. The lowest BCUT2D eigenvalue weighted by Gasteiger charge is -2.11. The highest BCUT2D eigenvalue weighted by molar-refractivity contribution is 7.98. The van der Waals surface area contributed by atoms with Crippen LogP contribution in [-0.4, -0.2) is 37.8 Å². The fraction of sp³-hybridized carbons (Fsp3) is 0.471. The molecule has 0 saturated heterocycles. The monoisotopic (exact) mass is 376 g/mol. The quantitative estimate of drug-likeness (QED) is 0.449. The van der Waals surface area contributed by atoms with Gasteiger partial charge in [-0.05, 0) is 52.0 Å². The number of hydrogen-bond acceptors (Lipinski definition) is 6. The van der Waals surface area contributed by atoms with E-state index < -0.39 is 0 Å². The number of hydrogen-bond donors (Lipinski definition) is 2. The summed E-state index contributed by atoms with van der Waals surface area (Å²) >= 11 is 1.49. The van der Waals surface area contributed by atoms with E-state index in [1.54, 1.807) is 4.68 Å². The number of hydrazine groups is 1. The van der Waals surface area contributed by atoms with Gasteiger partial charge in [0.25, 0.3) is 5.91 Å². The third-order valence-electron chi connectivity index (χ3n) is 3.92. The summed E-state index contributed by atoms with van der Waals surface area (Å²) in [6, 6.07) is 1.89. The number of carbonyl (C=O) groups excluding carboxylic acids is 2. The second-order valence-electron chi connectivity index (χ2n) is 6.04. The van der Waals surface area contributed by atoms with E-state index in [2.05, 4.69) is 25.9 Å². The van der Waals surface area contributed by atoms with Crippen LogP contribution in [0.2, 0.25) is 0 Å². The van der Waals surface area contributed by atoms with Gasteiger partial charge in [-0.25, -0.2) is 9.97 Å². The van der Waals surface area contributed by atoms with Crippen LogP contribution in [0.1, 0.15) is 34.8 Å². The Kier molecular flexibility index (Phi) is 6.73. The fourth-order valence-electron chi connectivity index (χ4n) is 2.61. The van der Waals surface area contributed by atoms with Crippen molar-refractivity contribution in [1.29, 1.82) is 0 Å². The molecule has 2 aromatic heterocycles. The standard InChI is InChI=1S/C17H24N6O2S/c1-10-8-11(2)23(22-10)9-16(25)21-20-15(24)7-6-14-12(3)18-17(26-5)19-13(14)4/h8H,6-7,9H2,1-5H3,(H,20,24)(H,21,25). The molecule has 2 heterocycles. The Hall–Kier alpha value is -2.42. The third-order valence-corrected chi connectivity index (χ3v) is 4.47. The van der Waals surface area contributed by atoms with Gasteiger partial charge < -0.3 is 0 Å². The van der Waals surface area contributed by atoms with E-state index in [1.807, 2.05) is 40.0 Å². The number of carbonyl (C=O) groups is 2. The van der Waals surface area contributed by atoms with Crippen LogP contribution in [-0.2, 0) is 22.6 Å². The molecule has 8 nitrogen and oxygen atoms in total. The van der Waals surface area contributed by atoms with Crippen molar-refractivity contribution in [3.63, 3.8) is 0 Å². The van der Waals surface area contributed by atoms with Gasteiger partial charge in [0.2, 0.25) is 5.91 Å². The molecule has 0 unspecified atom stereocenters. The van der Waals surface area contributed by atoms with E-state index in [0.717, 1.165) is 33.5 Å². The second-order valence-corrected chi connectivity index (χ2v) is 6.81. The Labute approximate surface area is 157 Å². The first-order chi connectivity index (χ1) is 12.3. The number of aromatic nitrogens is 4.